The van der Waals surface area contributed by atoms with Gasteiger partial charge in [-0.15, -0.1) is 11.3 Å². The summed E-state index contributed by atoms with van der Waals surface area (Å²) in [7, 11) is -3.64. The van der Waals surface area contributed by atoms with Crippen molar-refractivity contribution in [2.24, 2.45) is 0 Å². The number of thiazole rings is 1. The van der Waals surface area contributed by atoms with Gasteiger partial charge in [0.1, 0.15) is 41.4 Å². The second-order valence-electron chi connectivity index (χ2n) is 5.35. The van der Waals surface area contributed by atoms with Crippen molar-refractivity contribution in [2.75, 3.05) is 6.26 Å². The Hall–Kier alpha value is -2.17. The Morgan fingerprint density at radius 2 is 1.85 bits per heavy atom. The Labute approximate surface area is 151 Å². The molecule has 5 nitrogen and oxygen atoms in total. The van der Waals surface area contributed by atoms with E-state index < -0.39 is 27.6 Å². The lowest BCUT2D eigenvalue weighted by atomic mass is 10.2. The van der Waals surface area contributed by atoms with E-state index in [1.807, 2.05) is 0 Å². The normalized spacial score (nSPS) is 11.8. The van der Waals surface area contributed by atoms with E-state index in [0.29, 0.717) is 9.71 Å². The highest BCUT2D eigenvalue weighted by Gasteiger charge is 2.14. The average molecular weight is 403 g/mol. The van der Waals surface area contributed by atoms with Crippen LogP contribution >= 0.6 is 11.3 Å². The van der Waals surface area contributed by atoms with Crippen LogP contribution in [0.1, 0.15) is 10.6 Å². The van der Waals surface area contributed by atoms with E-state index >= 15 is 0 Å². The maximum atomic E-state index is 13.8. The van der Waals surface area contributed by atoms with Gasteiger partial charge in [0.2, 0.25) is 0 Å². The van der Waals surface area contributed by atoms with Crippen molar-refractivity contribution in [3.8, 4) is 5.75 Å². The van der Waals surface area contributed by atoms with Gasteiger partial charge in [-0.25, -0.2) is 18.2 Å². The van der Waals surface area contributed by atoms with Crippen LogP contribution in [-0.2, 0) is 27.5 Å². The van der Waals surface area contributed by atoms with Crippen molar-refractivity contribution in [2.45, 2.75) is 13.2 Å². The van der Waals surface area contributed by atoms with Crippen LogP contribution in [-0.4, -0.2) is 19.7 Å². The lowest BCUT2D eigenvalue weighted by molar-refractivity contribution is 0.302. The molecule has 3 rings (SSSR count). The third-order valence-electron chi connectivity index (χ3n) is 3.26. The van der Waals surface area contributed by atoms with E-state index in [1.54, 1.807) is 0 Å². The maximum absolute atomic E-state index is 13.8. The number of fused-ring (bicyclic) bond motifs is 1. The van der Waals surface area contributed by atoms with Gasteiger partial charge in [-0.3, -0.25) is 4.18 Å². The van der Waals surface area contributed by atoms with E-state index in [1.165, 1.54) is 12.1 Å². The van der Waals surface area contributed by atoms with Gasteiger partial charge in [0.25, 0.3) is 10.1 Å². The molecule has 0 bridgehead atoms. The molecule has 3 aromatic rings. The number of rotatable bonds is 6. The zero-order valence-corrected chi connectivity index (χ0v) is 15.0. The summed E-state index contributed by atoms with van der Waals surface area (Å²) in [6.07, 6.45) is 0.909. The van der Waals surface area contributed by atoms with Crippen LogP contribution in [0.15, 0.2) is 30.3 Å². The number of aromatic nitrogens is 1. The topological polar surface area (TPSA) is 65.5 Å². The standard InChI is InChI=1S/C16H12F3NO4S2/c1-26(21,22)24-8-15-20-13-5-11(18)6-14(16(13)25-15)23-7-9-2-3-10(17)4-12(9)19/h2-6H,7-8H2,1H3. The van der Waals surface area contributed by atoms with Gasteiger partial charge in [-0.05, 0) is 12.1 Å². The molecule has 0 aliphatic rings. The minimum Gasteiger partial charge on any atom is -0.487 e. The zero-order valence-electron chi connectivity index (χ0n) is 13.3. The van der Waals surface area contributed by atoms with Crippen LogP contribution in [0.3, 0.4) is 0 Å². The lowest BCUT2D eigenvalue weighted by Crippen LogP contribution is -2.02. The van der Waals surface area contributed by atoms with Crippen LogP contribution in [0.2, 0.25) is 0 Å². The number of ether oxygens (including phenoxy) is 1. The summed E-state index contributed by atoms with van der Waals surface area (Å²) in [6.45, 7) is -0.524. The molecule has 2 aromatic carbocycles. The van der Waals surface area contributed by atoms with Crippen molar-refractivity contribution in [3.63, 3.8) is 0 Å². The minimum atomic E-state index is -3.64. The average Bonchev–Trinajstić information content (AvgIpc) is 2.94. The van der Waals surface area contributed by atoms with Crippen molar-refractivity contribution >= 4 is 31.7 Å². The molecule has 1 aromatic heterocycles. The first-order chi connectivity index (χ1) is 12.2. The fourth-order valence-electron chi connectivity index (χ4n) is 2.14. The first-order valence-electron chi connectivity index (χ1n) is 7.21. The fourth-order valence-corrected chi connectivity index (χ4v) is 3.46. The van der Waals surface area contributed by atoms with Crippen molar-refractivity contribution in [3.05, 3.63) is 58.4 Å². The number of nitrogens with zero attached hydrogens (tertiary/aromatic N) is 1. The molecule has 0 amide bonds. The molecule has 0 unspecified atom stereocenters. The van der Waals surface area contributed by atoms with Gasteiger partial charge in [0, 0.05) is 23.8 Å². The fraction of sp³-hybridized carbons (Fsp3) is 0.188. The Bertz CT molecular complexity index is 1070. The van der Waals surface area contributed by atoms with E-state index in [9.17, 15) is 21.6 Å². The molecule has 26 heavy (non-hydrogen) atoms. The second-order valence-corrected chi connectivity index (χ2v) is 8.08. The second kappa shape index (κ2) is 7.22. The SMILES string of the molecule is CS(=O)(=O)OCc1nc2cc(F)cc(OCc3ccc(F)cc3F)c2s1. The molecular weight excluding hydrogens is 391 g/mol. The molecule has 0 saturated carbocycles. The summed E-state index contributed by atoms with van der Waals surface area (Å²) in [5.41, 5.74) is 0.366. The van der Waals surface area contributed by atoms with Crippen LogP contribution in [0.25, 0.3) is 10.2 Å². The molecule has 0 saturated heterocycles. The predicted octanol–water partition coefficient (Wildman–Crippen LogP) is 3.77. The molecule has 0 atom stereocenters. The number of halogens is 3. The van der Waals surface area contributed by atoms with Crippen LogP contribution in [0.4, 0.5) is 13.2 Å². The molecule has 10 heteroatoms. The zero-order chi connectivity index (χ0) is 18.9. The van der Waals surface area contributed by atoms with Gasteiger partial charge in [-0.1, -0.05) is 0 Å². The summed E-state index contributed by atoms with van der Waals surface area (Å²) in [5, 5.41) is 0.314. The molecule has 138 valence electrons. The first kappa shape index (κ1) is 18.6. The molecule has 0 radical (unpaired) electrons. The highest BCUT2D eigenvalue weighted by molar-refractivity contribution is 7.85. The molecule has 0 spiro atoms. The van der Waals surface area contributed by atoms with Gasteiger partial charge in [0.05, 0.1) is 16.5 Å². The highest BCUT2D eigenvalue weighted by atomic mass is 32.2. The molecule has 1 heterocycles. The van der Waals surface area contributed by atoms with E-state index in [0.717, 1.165) is 35.8 Å². The van der Waals surface area contributed by atoms with Crippen LogP contribution in [0, 0.1) is 17.5 Å². The maximum Gasteiger partial charge on any atom is 0.264 e. The summed E-state index contributed by atoms with van der Waals surface area (Å²) >= 11 is 1.07. The van der Waals surface area contributed by atoms with E-state index in [-0.39, 0.29) is 30.0 Å². The molecular formula is C16H12F3NO4S2. The van der Waals surface area contributed by atoms with Gasteiger partial charge in [0.15, 0.2) is 0 Å². The summed E-state index contributed by atoms with van der Waals surface area (Å²) in [4.78, 5) is 4.11. The molecule has 0 aliphatic carbocycles. The Kier molecular flexibility index (Phi) is 5.17. The minimum absolute atomic E-state index is 0.106. The summed E-state index contributed by atoms with van der Waals surface area (Å²) in [5.74, 6) is -1.98. The first-order valence-corrected chi connectivity index (χ1v) is 9.84. The number of hydrogen-bond acceptors (Lipinski definition) is 6. The Balaban J connectivity index is 1.86. The van der Waals surface area contributed by atoms with Crippen molar-refractivity contribution in [1.29, 1.82) is 0 Å². The van der Waals surface area contributed by atoms with Gasteiger partial charge >= 0.3 is 0 Å². The number of benzene rings is 2. The van der Waals surface area contributed by atoms with Gasteiger partial charge < -0.3 is 4.74 Å². The Morgan fingerprint density at radius 1 is 1.08 bits per heavy atom. The monoisotopic (exact) mass is 403 g/mol. The van der Waals surface area contributed by atoms with Gasteiger partial charge in [-0.2, -0.15) is 8.42 Å². The molecule has 0 fully saturated rings. The molecule has 0 N–H and O–H groups in total. The summed E-state index contributed by atoms with van der Waals surface area (Å²) < 4.78 is 73.1. The third kappa shape index (κ3) is 4.51. The van der Waals surface area contributed by atoms with Crippen molar-refractivity contribution < 1.29 is 30.5 Å². The number of hydrogen-bond donors (Lipinski definition) is 0. The predicted molar refractivity (Wildman–Crippen MR) is 89.9 cm³/mol. The molecule has 0 aliphatic heterocycles. The smallest absolute Gasteiger partial charge is 0.264 e. The van der Waals surface area contributed by atoms with Crippen molar-refractivity contribution in [1.82, 2.24) is 4.98 Å². The van der Waals surface area contributed by atoms with Crippen LogP contribution in [0.5, 0.6) is 5.75 Å². The largest absolute Gasteiger partial charge is 0.487 e. The quantitative estimate of drug-likeness (QED) is 0.586. The van der Waals surface area contributed by atoms with Crippen LogP contribution < -0.4 is 4.74 Å². The highest BCUT2D eigenvalue weighted by Crippen LogP contribution is 2.33. The third-order valence-corrected chi connectivity index (χ3v) is 4.87. The summed E-state index contributed by atoms with van der Waals surface area (Å²) in [6, 6.07) is 5.34. The van der Waals surface area contributed by atoms with E-state index in [4.69, 9.17) is 4.74 Å². The lowest BCUT2D eigenvalue weighted by Gasteiger charge is -2.08. The Morgan fingerprint density at radius 3 is 2.54 bits per heavy atom. The van der Waals surface area contributed by atoms with E-state index in [2.05, 4.69) is 9.17 Å².